The molecule has 18 heavy (non-hydrogen) atoms. The molecule has 1 saturated carbocycles. The molecule has 0 saturated heterocycles. The second kappa shape index (κ2) is 5.72. The summed E-state index contributed by atoms with van der Waals surface area (Å²) in [5, 5.41) is 13.3. The molecule has 1 aromatic rings. The Bertz CT molecular complexity index is 447. The molecule has 0 radical (unpaired) electrons. The van der Waals surface area contributed by atoms with Crippen molar-refractivity contribution in [2.75, 3.05) is 0 Å². The van der Waals surface area contributed by atoms with E-state index in [1.165, 1.54) is 0 Å². The van der Waals surface area contributed by atoms with E-state index in [-0.39, 0.29) is 11.9 Å². The lowest BCUT2D eigenvalue weighted by Crippen LogP contribution is -2.45. The van der Waals surface area contributed by atoms with Crippen LogP contribution in [0.1, 0.15) is 41.6 Å². The lowest BCUT2D eigenvalue weighted by atomic mass is 9.92. The molecule has 1 aliphatic carbocycles. The summed E-state index contributed by atoms with van der Waals surface area (Å²) in [5.74, 6) is -0.152. The number of hydrogen-bond donors (Lipinski definition) is 2. The number of rotatable bonds is 2. The van der Waals surface area contributed by atoms with E-state index in [4.69, 9.17) is 11.6 Å². The van der Waals surface area contributed by atoms with E-state index in [1.807, 2.05) is 6.92 Å². The van der Waals surface area contributed by atoms with Crippen molar-refractivity contribution in [3.8, 4) is 0 Å². The first-order chi connectivity index (χ1) is 8.59. The molecule has 2 rings (SSSR count). The zero-order valence-electron chi connectivity index (χ0n) is 10.4. The molecule has 1 amide bonds. The van der Waals surface area contributed by atoms with Gasteiger partial charge in [-0.15, -0.1) is 0 Å². The number of amides is 1. The van der Waals surface area contributed by atoms with E-state index in [9.17, 15) is 9.90 Å². The number of nitrogens with one attached hydrogen (secondary N) is 1. The maximum absolute atomic E-state index is 12.2. The second-order valence-corrected chi connectivity index (χ2v) is 5.25. The minimum Gasteiger partial charge on any atom is -0.391 e. The topological polar surface area (TPSA) is 49.3 Å². The standard InChI is InChI=1S/C14H18ClNO2/c1-9-10(5-4-6-11(9)15)14(18)16-12-7-2-3-8-13(12)17/h4-6,12-13,17H,2-3,7-8H2,1H3,(H,16,18). The van der Waals surface area contributed by atoms with Gasteiger partial charge < -0.3 is 10.4 Å². The van der Waals surface area contributed by atoms with Crippen molar-refractivity contribution >= 4 is 17.5 Å². The van der Waals surface area contributed by atoms with Crippen molar-refractivity contribution in [2.45, 2.75) is 44.8 Å². The first kappa shape index (κ1) is 13.4. The number of aliphatic hydroxyl groups is 1. The molecular formula is C14H18ClNO2. The highest BCUT2D eigenvalue weighted by molar-refractivity contribution is 6.31. The highest BCUT2D eigenvalue weighted by Crippen LogP contribution is 2.21. The summed E-state index contributed by atoms with van der Waals surface area (Å²) in [6, 6.07) is 5.15. The van der Waals surface area contributed by atoms with Crippen LogP contribution >= 0.6 is 11.6 Å². The zero-order valence-corrected chi connectivity index (χ0v) is 11.2. The van der Waals surface area contributed by atoms with Gasteiger partial charge in [-0.25, -0.2) is 0 Å². The normalized spacial score (nSPS) is 23.7. The summed E-state index contributed by atoms with van der Waals surface area (Å²) in [6.45, 7) is 1.83. The second-order valence-electron chi connectivity index (χ2n) is 4.84. The number of benzene rings is 1. The number of halogens is 1. The van der Waals surface area contributed by atoms with Crippen LogP contribution in [0.25, 0.3) is 0 Å². The highest BCUT2D eigenvalue weighted by atomic mass is 35.5. The molecule has 0 aliphatic heterocycles. The van der Waals surface area contributed by atoms with Crippen LogP contribution in [-0.4, -0.2) is 23.2 Å². The van der Waals surface area contributed by atoms with Crippen molar-refractivity contribution < 1.29 is 9.90 Å². The van der Waals surface area contributed by atoms with Gasteiger partial charge in [-0.3, -0.25) is 4.79 Å². The SMILES string of the molecule is Cc1c(Cl)cccc1C(=O)NC1CCCCC1O. The van der Waals surface area contributed by atoms with Gasteiger partial charge in [-0.2, -0.15) is 0 Å². The van der Waals surface area contributed by atoms with E-state index in [0.29, 0.717) is 10.6 Å². The molecule has 0 bridgehead atoms. The van der Waals surface area contributed by atoms with Crippen LogP contribution in [0.15, 0.2) is 18.2 Å². The van der Waals surface area contributed by atoms with E-state index in [0.717, 1.165) is 31.2 Å². The monoisotopic (exact) mass is 267 g/mol. The van der Waals surface area contributed by atoms with Crippen molar-refractivity contribution in [3.63, 3.8) is 0 Å². The van der Waals surface area contributed by atoms with Crippen molar-refractivity contribution in [2.24, 2.45) is 0 Å². The predicted octanol–water partition coefficient (Wildman–Crippen LogP) is 2.68. The fraction of sp³-hybridized carbons (Fsp3) is 0.500. The van der Waals surface area contributed by atoms with Crippen LogP contribution in [0, 0.1) is 6.92 Å². The van der Waals surface area contributed by atoms with Crippen LogP contribution in [0.5, 0.6) is 0 Å². The third-order valence-corrected chi connectivity index (χ3v) is 3.97. The third kappa shape index (κ3) is 2.85. The van der Waals surface area contributed by atoms with Crippen LogP contribution in [-0.2, 0) is 0 Å². The summed E-state index contributed by atoms with van der Waals surface area (Å²) in [5.41, 5.74) is 1.36. The average Bonchev–Trinajstić information content (AvgIpc) is 2.35. The van der Waals surface area contributed by atoms with Gasteiger partial charge in [0, 0.05) is 10.6 Å². The van der Waals surface area contributed by atoms with Gasteiger partial charge in [0.2, 0.25) is 0 Å². The van der Waals surface area contributed by atoms with Gasteiger partial charge in [0.05, 0.1) is 12.1 Å². The lowest BCUT2D eigenvalue weighted by molar-refractivity contribution is 0.0717. The van der Waals surface area contributed by atoms with Crippen LogP contribution < -0.4 is 5.32 Å². The van der Waals surface area contributed by atoms with E-state index < -0.39 is 6.10 Å². The van der Waals surface area contributed by atoms with Gasteiger partial charge in [0.25, 0.3) is 5.91 Å². The van der Waals surface area contributed by atoms with E-state index in [1.54, 1.807) is 18.2 Å². The number of carbonyl (C=O) groups is 1. The molecular weight excluding hydrogens is 250 g/mol. The van der Waals surface area contributed by atoms with Gasteiger partial charge in [0.1, 0.15) is 0 Å². The third-order valence-electron chi connectivity index (χ3n) is 3.56. The summed E-state index contributed by atoms with van der Waals surface area (Å²) >= 11 is 6.00. The smallest absolute Gasteiger partial charge is 0.251 e. The van der Waals surface area contributed by atoms with Gasteiger partial charge in [0.15, 0.2) is 0 Å². The van der Waals surface area contributed by atoms with E-state index >= 15 is 0 Å². The number of carbonyl (C=O) groups excluding carboxylic acids is 1. The molecule has 2 atom stereocenters. The molecule has 4 heteroatoms. The van der Waals surface area contributed by atoms with Gasteiger partial charge >= 0.3 is 0 Å². The Balaban J connectivity index is 2.09. The minimum absolute atomic E-state index is 0.135. The van der Waals surface area contributed by atoms with Gasteiger partial charge in [-0.1, -0.05) is 30.5 Å². The molecule has 0 spiro atoms. The maximum atomic E-state index is 12.2. The molecule has 1 aliphatic rings. The van der Waals surface area contributed by atoms with Crippen molar-refractivity contribution in [3.05, 3.63) is 34.3 Å². The molecule has 98 valence electrons. The van der Waals surface area contributed by atoms with Crippen molar-refractivity contribution in [1.82, 2.24) is 5.32 Å². The lowest BCUT2D eigenvalue weighted by Gasteiger charge is -2.28. The first-order valence-corrected chi connectivity index (χ1v) is 6.71. The Kier molecular flexibility index (Phi) is 4.25. The maximum Gasteiger partial charge on any atom is 0.251 e. The Morgan fingerprint density at radius 1 is 1.39 bits per heavy atom. The average molecular weight is 268 g/mol. The summed E-state index contributed by atoms with van der Waals surface area (Å²) in [7, 11) is 0. The fourth-order valence-corrected chi connectivity index (χ4v) is 2.55. The quantitative estimate of drug-likeness (QED) is 0.866. The summed E-state index contributed by atoms with van der Waals surface area (Å²) in [4.78, 5) is 12.2. The molecule has 2 N–H and O–H groups in total. The summed E-state index contributed by atoms with van der Waals surface area (Å²) < 4.78 is 0. The van der Waals surface area contributed by atoms with E-state index in [2.05, 4.69) is 5.32 Å². The Hall–Kier alpha value is -1.06. The van der Waals surface area contributed by atoms with Crippen LogP contribution in [0.4, 0.5) is 0 Å². The number of aliphatic hydroxyl groups excluding tert-OH is 1. The Morgan fingerprint density at radius 3 is 2.83 bits per heavy atom. The molecule has 2 unspecified atom stereocenters. The molecule has 3 nitrogen and oxygen atoms in total. The molecule has 1 aromatic carbocycles. The van der Waals surface area contributed by atoms with Gasteiger partial charge in [-0.05, 0) is 37.5 Å². The Labute approximate surface area is 112 Å². The molecule has 0 aromatic heterocycles. The zero-order chi connectivity index (χ0) is 13.1. The largest absolute Gasteiger partial charge is 0.391 e. The predicted molar refractivity (Wildman–Crippen MR) is 71.9 cm³/mol. The first-order valence-electron chi connectivity index (χ1n) is 6.33. The fourth-order valence-electron chi connectivity index (χ4n) is 2.38. The van der Waals surface area contributed by atoms with Crippen LogP contribution in [0.3, 0.4) is 0 Å². The minimum atomic E-state index is -0.429. The highest BCUT2D eigenvalue weighted by Gasteiger charge is 2.25. The summed E-state index contributed by atoms with van der Waals surface area (Å²) in [6.07, 6.45) is 3.26. The molecule has 1 fully saturated rings. The Morgan fingerprint density at radius 2 is 2.11 bits per heavy atom. The number of hydrogen-bond acceptors (Lipinski definition) is 2. The molecule has 0 heterocycles. The van der Waals surface area contributed by atoms with Crippen LogP contribution in [0.2, 0.25) is 5.02 Å². The van der Waals surface area contributed by atoms with Crippen molar-refractivity contribution in [1.29, 1.82) is 0 Å².